The molecule has 1 aromatic heterocycles. The van der Waals surface area contributed by atoms with Gasteiger partial charge < -0.3 is 10.3 Å². The molecule has 2 aliphatic rings. The molecule has 3 aromatic carbocycles. The lowest BCUT2D eigenvalue weighted by molar-refractivity contribution is -0.128. The molecule has 0 bridgehead atoms. The van der Waals surface area contributed by atoms with Crippen LogP contribution in [0.1, 0.15) is 27.4 Å². The number of fused-ring (bicyclic) bond motifs is 3. The number of aromatic amines is 1. The van der Waals surface area contributed by atoms with Gasteiger partial charge in [0.25, 0.3) is 5.91 Å². The second-order valence-corrected chi connectivity index (χ2v) is 9.63. The van der Waals surface area contributed by atoms with E-state index in [0.717, 1.165) is 16.5 Å². The van der Waals surface area contributed by atoms with Crippen LogP contribution in [0.15, 0.2) is 79.0 Å². The van der Waals surface area contributed by atoms with Crippen LogP contribution in [0.2, 0.25) is 5.02 Å². The highest BCUT2D eigenvalue weighted by atomic mass is 35.5. The molecule has 0 unspecified atom stereocenters. The predicted octanol–water partition coefficient (Wildman–Crippen LogP) is 5.09. The van der Waals surface area contributed by atoms with Gasteiger partial charge in [0, 0.05) is 51.4 Å². The number of hydrogen-bond donors (Lipinski definition) is 2. The molecular weight excluding hydrogens is 460 g/mol. The zero-order valence-corrected chi connectivity index (χ0v) is 19.6. The van der Waals surface area contributed by atoms with E-state index in [9.17, 15) is 14.9 Å². The van der Waals surface area contributed by atoms with Crippen LogP contribution in [0.5, 0.6) is 0 Å². The molecule has 0 saturated carbocycles. The van der Waals surface area contributed by atoms with E-state index in [4.69, 9.17) is 11.6 Å². The van der Waals surface area contributed by atoms with Crippen LogP contribution in [0, 0.1) is 16.7 Å². The lowest BCUT2D eigenvalue weighted by Gasteiger charge is -2.41. The van der Waals surface area contributed by atoms with Crippen molar-refractivity contribution in [2.24, 2.45) is 5.41 Å². The molecule has 7 heteroatoms. The third-order valence-corrected chi connectivity index (χ3v) is 7.91. The summed E-state index contributed by atoms with van der Waals surface area (Å²) in [5.74, 6) is -1.33. The number of Topliss-reactive ketones (excluding diaryl/α,β-unsaturated/α-hetero) is 1. The van der Waals surface area contributed by atoms with Crippen molar-refractivity contribution < 1.29 is 9.59 Å². The summed E-state index contributed by atoms with van der Waals surface area (Å²) >= 11 is 6.16. The van der Waals surface area contributed by atoms with Gasteiger partial charge in [0.2, 0.25) is 0 Å². The average Bonchev–Trinajstić information content (AvgIpc) is 3.51. The summed E-state index contributed by atoms with van der Waals surface area (Å²) in [5.41, 5.74) is -0.0113. The van der Waals surface area contributed by atoms with Gasteiger partial charge in [-0.3, -0.25) is 14.5 Å². The number of amides is 1. The third kappa shape index (κ3) is 2.62. The van der Waals surface area contributed by atoms with E-state index in [1.807, 2.05) is 72.6 Å². The number of rotatable bonds is 3. The van der Waals surface area contributed by atoms with Gasteiger partial charge in [-0.15, -0.1) is 0 Å². The van der Waals surface area contributed by atoms with Crippen LogP contribution in [0.3, 0.4) is 0 Å². The van der Waals surface area contributed by atoms with Gasteiger partial charge in [-0.05, 0) is 36.9 Å². The second-order valence-electron chi connectivity index (χ2n) is 9.19. The number of aromatic nitrogens is 1. The molecule has 3 heterocycles. The topological polar surface area (TPSA) is 89.0 Å². The van der Waals surface area contributed by atoms with Crippen LogP contribution in [0.4, 0.5) is 5.69 Å². The summed E-state index contributed by atoms with van der Waals surface area (Å²) in [6, 6.07) is 24.4. The number of para-hydroxylation sites is 2. The fourth-order valence-electron chi connectivity index (χ4n) is 6.17. The van der Waals surface area contributed by atoms with Crippen molar-refractivity contribution in [1.29, 1.82) is 5.26 Å². The van der Waals surface area contributed by atoms with E-state index < -0.39 is 16.9 Å². The Morgan fingerprint density at radius 1 is 1.09 bits per heavy atom. The number of benzene rings is 3. The first-order chi connectivity index (χ1) is 16.9. The molecule has 0 radical (unpaired) electrons. The Morgan fingerprint density at radius 2 is 1.80 bits per heavy atom. The smallest absolute Gasteiger partial charge is 0.251 e. The van der Waals surface area contributed by atoms with Crippen molar-refractivity contribution in [2.75, 3.05) is 18.9 Å². The minimum absolute atomic E-state index is 0.338. The number of halogens is 1. The van der Waals surface area contributed by atoms with Crippen molar-refractivity contribution in [1.82, 2.24) is 9.88 Å². The van der Waals surface area contributed by atoms with Gasteiger partial charge in [0.15, 0.2) is 16.7 Å². The molecule has 2 aliphatic heterocycles. The molecule has 172 valence electrons. The summed E-state index contributed by atoms with van der Waals surface area (Å²) in [6.07, 6.45) is 1.65. The van der Waals surface area contributed by atoms with Crippen LogP contribution in [-0.4, -0.2) is 35.2 Å². The van der Waals surface area contributed by atoms with Crippen LogP contribution >= 0.6 is 11.6 Å². The molecule has 1 fully saturated rings. The number of H-pyrrole nitrogens is 1. The molecule has 3 atom stereocenters. The number of ketones is 1. The monoisotopic (exact) mass is 480 g/mol. The Bertz CT molecular complexity index is 1550. The first-order valence-corrected chi connectivity index (χ1v) is 11.7. The third-order valence-electron chi connectivity index (χ3n) is 7.66. The van der Waals surface area contributed by atoms with E-state index in [1.165, 1.54) is 0 Å². The lowest BCUT2D eigenvalue weighted by Crippen LogP contribution is -2.58. The molecule has 1 saturated heterocycles. The number of nitrogens with zero attached hydrogens (tertiary/aromatic N) is 2. The zero-order chi connectivity index (χ0) is 24.4. The SMILES string of the molecule is CN1C[C@@H](c2ccc(Cl)cc2)[C@](C#N)(C(=O)c2c[nH]c3ccccc23)[C@]12C(=O)Nc1ccccc12. The van der Waals surface area contributed by atoms with Crippen molar-refractivity contribution in [3.8, 4) is 6.07 Å². The molecule has 6 rings (SSSR count). The van der Waals surface area contributed by atoms with Crippen LogP contribution in [0.25, 0.3) is 10.9 Å². The highest BCUT2D eigenvalue weighted by molar-refractivity contribution is 6.30. The Labute approximate surface area is 207 Å². The zero-order valence-electron chi connectivity index (χ0n) is 18.9. The van der Waals surface area contributed by atoms with Gasteiger partial charge in [0.05, 0.1) is 6.07 Å². The molecule has 0 aliphatic carbocycles. The summed E-state index contributed by atoms with van der Waals surface area (Å²) in [5, 5.41) is 15.3. The average molecular weight is 481 g/mol. The number of nitriles is 1. The van der Waals surface area contributed by atoms with Gasteiger partial charge >= 0.3 is 0 Å². The standard InChI is InChI=1S/C28H21ClN4O2/c1-33-15-22(17-10-12-18(29)13-11-17)27(16-30,25(34)20-14-31-23-8-4-2-6-19(20)23)28(33)21-7-3-5-9-24(21)32-26(28)35/h2-14,22,31H,15H2,1H3,(H,32,35)/t22-,27+,28-/m0/s1. The predicted molar refractivity (Wildman–Crippen MR) is 134 cm³/mol. The quantitative estimate of drug-likeness (QED) is 0.400. The van der Waals surface area contributed by atoms with E-state index in [2.05, 4.69) is 16.4 Å². The molecule has 4 aromatic rings. The van der Waals surface area contributed by atoms with Crippen LogP contribution in [-0.2, 0) is 10.3 Å². The van der Waals surface area contributed by atoms with Crippen molar-refractivity contribution in [2.45, 2.75) is 11.5 Å². The van der Waals surface area contributed by atoms with E-state index in [1.54, 1.807) is 18.3 Å². The number of anilines is 1. The van der Waals surface area contributed by atoms with Gasteiger partial charge in [0.1, 0.15) is 0 Å². The fraction of sp³-hybridized carbons (Fsp3) is 0.179. The maximum absolute atomic E-state index is 14.7. The number of hydrogen-bond acceptors (Lipinski definition) is 4. The Kier molecular flexibility index (Phi) is 4.65. The van der Waals surface area contributed by atoms with Crippen molar-refractivity contribution in [3.63, 3.8) is 0 Å². The molecule has 1 amide bonds. The Balaban J connectivity index is 1.68. The number of likely N-dealkylation sites (N-methyl/N-ethyl adjacent to an activating group) is 1. The summed E-state index contributed by atoms with van der Waals surface area (Å²) in [6.45, 7) is 0.338. The maximum atomic E-state index is 14.7. The number of likely N-dealkylation sites (tertiary alicyclic amines) is 1. The largest absolute Gasteiger partial charge is 0.360 e. The summed E-state index contributed by atoms with van der Waals surface area (Å²) in [4.78, 5) is 33.7. The first kappa shape index (κ1) is 21.6. The number of nitrogens with one attached hydrogen (secondary N) is 2. The first-order valence-electron chi connectivity index (χ1n) is 11.3. The molecular formula is C28H21ClN4O2. The van der Waals surface area contributed by atoms with Crippen molar-refractivity contribution >= 4 is 39.9 Å². The second kappa shape index (κ2) is 7.54. The fourth-order valence-corrected chi connectivity index (χ4v) is 6.29. The van der Waals surface area contributed by atoms with Gasteiger partial charge in [-0.1, -0.05) is 60.1 Å². The summed E-state index contributed by atoms with van der Waals surface area (Å²) in [7, 11) is 1.81. The van der Waals surface area contributed by atoms with E-state index in [-0.39, 0.29) is 11.7 Å². The molecule has 6 nitrogen and oxygen atoms in total. The number of carbonyl (C=O) groups excluding carboxylic acids is 2. The van der Waals surface area contributed by atoms with E-state index >= 15 is 0 Å². The van der Waals surface area contributed by atoms with Gasteiger partial charge in [-0.2, -0.15) is 5.26 Å². The number of carbonyl (C=O) groups is 2. The van der Waals surface area contributed by atoms with E-state index in [0.29, 0.717) is 28.4 Å². The normalized spacial score (nSPS) is 25.5. The maximum Gasteiger partial charge on any atom is 0.251 e. The van der Waals surface area contributed by atoms with Crippen molar-refractivity contribution in [3.05, 3.63) is 101 Å². The molecule has 35 heavy (non-hydrogen) atoms. The van der Waals surface area contributed by atoms with Gasteiger partial charge in [-0.25, -0.2) is 0 Å². The summed E-state index contributed by atoms with van der Waals surface area (Å²) < 4.78 is 0. The molecule has 1 spiro atoms. The minimum Gasteiger partial charge on any atom is -0.360 e. The highest BCUT2D eigenvalue weighted by Crippen LogP contribution is 2.63. The Hall–Kier alpha value is -3.92. The lowest BCUT2D eigenvalue weighted by atomic mass is 9.58. The van der Waals surface area contributed by atoms with Crippen LogP contribution < -0.4 is 5.32 Å². The Morgan fingerprint density at radius 3 is 2.57 bits per heavy atom. The molecule has 2 N–H and O–H groups in total. The minimum atomic E-state index is -1.74. The highest BCUT2D eigenvalue weighted by Gasteiger charge is 2.74.